The van der Waals surface area contributed by atoms with Crippen molar-refractivity contribution >= 4 is 5.69 Å². The maximum Gasteiger partial charge on any atom is 0.128 e. The third kappa shape index (κ3) is 4.85. The van der Waals surface area contributed by atoms with Gasteiger partial charge < -0.3 is 15.2 Å². The van der Waals surface area contributed by atoms with Crippen LogP contribution >= 0.6 is 0 Å². The molecule has 112 valence electrons. The maximum absolute atomic E-state index is 13.4. The minimum Gasteiger partial charge on any atom is -0.389 e. The SMILES string of the molecule is Cc1ccccc1NCC(O)COCc1ccccc1F. The van der Waals surface area contributed by atoms with Crippen molar-refractivity contribution in [1.29, 1.82) is 0 Å². The second-order valence-corrected chi connectivity index (χ2v) is 4.96. The molecule has 2 aromatic rings. The standard InChI is InChI=1S/C17H20FNO2/c1-13-6-2-5-9-17(13)19-10-15(20)12-21-11-14-7-3-4-8-16(14)18/h2-9,15,19-20H,10-12H2,1H3. The molecule has 4 heteroatoms. The minimum atomic E-state index is -0.642. The van der Waals surface area contributed by atoms with E-state index in [1.165, 1.54) is 6.07 Å². The molecule has 0 saturated carbocycles. The van der Waals surface area contributed by atoms with Gasteiger partial charge in [0.2, 0.25) is 0 Å². The van der Waals surface area contributed by atoms with Gasteiger partial charge in [-0.2, -0.15) is 0 Å². The van der Waals surface area contributed by atoms with E-state index in [4.69, 9.17) is 4.74 Å². The zero-order valence-corrected chi connectivity index (χ0v) is 12.1. The number of para-hydroxylation sites is 1. The number of ether oxygens (including phenoxy) is 1. The Bertz CT molecular complexity index is 574. The highest BCUT2D eigenvalue weighted by Crippen LogP contribution is 2.13. The van der Waals surface area contributed by atoms with E-state index in [-0.39, 0.29) is 19.0 Å². The number of aliphatic hydroxyl groups excluding tert-OH is 1. The molecule has 1 atom stereocenters. The monoisotopic (exact) mass is 289 g/mol. The first-order valence-electron chi connectivity index (χ1n) is 6.95. The Kier molecular flexibility index (Phi) is 5.72. The Morgan fingerprint density at radius 1 is 1.14 bits per heavy atom. The molecule has 0 aliphatic carbocycles. The normalized spacial score (nSPS) is 12.1. The van der Waals surface area contributed by atoms with E-state index in [0.717, 1.165) is 11.3 Å². The van der Waals surface area contributed by atoms with Gasteiger partial charge in [0.15, 0.2) is 0 Å². The Labute approximate surface area is 124 Å². The summed E-state index contributed by atoms with van der Waals surface area (Å²) >= 11 is 0. The minimum absolute atomic E-state index is 0.160. The lowest BCUT2D eigenvalue weighted by atomic mass is 10.2. The van der Waals surface area contributed by atoms with Crippen LogP contribution in [0, 0.1) is 12.7 Å². The molecule has 0 bridgehead atoms. The van der Waals surface area contributed by atoms with Crippen molar-refractivity contribution in [2.24, 2.45) is 0 Å². The number of aliphatic hydroxyl groups is 1. The van der Waals surface area contributed by atoms with E-state index < -0.39 is 6.10 Å². The van der Waals surface area contributed by atoms with Gasteiger partial charge in [0, 0.05) is 17.8 Å². The Morgan fingerprint density at radius 3 is 2.62 bits per heavy atom. The van der Waals surface area contributed by atoms with Gasteiger partial charge in [0.1, 0.15) is 5.82 Å². The molecule has 3 nitrogen and oxygen atoms in total. The fourth-order valence-corrected chi connectivity index (χ4v) is 1.98. The highest BCUT2D eigenvalue weighted by Gasteiger charge is 2.06. The molecule has 0 radical (unpaired) electrons. The smallest absolute Gasteiger partial charge is 0.128 e. The van der Waals surface area contributed by atoms with Crippen molar-refractivity contribution in [3.63, 3.8) is 0 Å². The lowest BCUT2D eigenvalue weighted by molar-refractivity contribution is 0.0337. The van der Waals surface area contributed by atoms with Crippen molar-refractivity contribution in [2.75, 3.05) is 18.5 Å². The Hall–Kier alpha value is -1.91. The molecular formula is C17H20FNO2. The topological polar surface area (TPSA) is 41.5 Å². The third-order valence-electron chi connectivity index (χ3n) is 3.20. The summed E-state index contributed by atoms with van der Waals surface area (Å²) in [6, 6.07) is 14.3. The molecule has 0 saturated heterocycles. The maximum atomic E-state index is 13.4. The number of rotatable bonds is 7. The number of hydrogen-bond acceptors (Lipinski definition) is 3. The van der Waals surface area contributed by atoms with Gasteiger partial charge in [-0.3, -0.25) is 0 Å². The van der Waals surface area contributed by atoms with Gasteiger partial charge in [-0.1, -0.05) is 36.4 Å². The number of nitrogens with one attached hydrogen (secondary N) is 1. The van der Waals surface area contributed by atoms with Crippen LogP contribution < -0.4 is 5.32 Å². The van der Waals surface area contributed by atoms with Crippen molar-refractivity contribution < 1.29 is 14.2 Å². The molecule has 0 aliphatic heterocycles. The number of aryl methyl sites for hydroxylation is 1. The predicted octanol–water partition coefficient (Wildman–Crippen LogP) is 3.12. The summed E-state index contributed by atoms with van der Waals surface area (Å²) in [6.07, 6.45) is -0.642. The van der Waals surface area contributed by atoms with Gasteiger partial charge in [0.25, 0.3) is 0 Å². The zero-order valence-electron chi connectivity index (χ0n) is 12.1. The quantitative estimate of drug-likeness (QED) is 0.823. The van der Waals surface area contributed by atoms with Crippen LogP contribution in [0.25, 0.3) is 0 Å². The highest BCUT2D eigenvalue weighted by molar-refractivity contribution is 5.50. The summed E-state index contributed by atoms with van der Waals surface area (Å²) in [5.41, 5.74) is 2.61. The zero-order chi connectivity index (χ0) is 15.1. The molecule has 0 fully saturated rings. The molecule has 2 N–H and O–H groups in total. The van der Waals surface area contributed by atoms with Crippen LogP contribution in [0.5, 0.6) is 0 Å². The van der Waals surface area contributed by atoms with Crippen LogP contribution in [-0.2, 0) is 11.3 Å². The van der Waals surface area contributed by atoms with Gasteiger partial charge >= 0.3 is 0 Å². The van der Waals surface area contributed by atoms with E-state index in [1.54, 1.807) is 18.2 Å². The van der Waals surface area contributed by atoms with E-state index in [0.29, 0.717) is 12.1 Å². The summed E-state index contributed by atoms with van der Waals surface area (Å²) in [5.74, 6) is -0.287. The van der Waals surface area contributed by atoms with E-state index in [1.807, 2.05) is 31.2 Å². The van der Waals surface area contributed by atoms with Gasteiger partial charge in [-0.25, -0.2) is 4.39 Å². The average molecular weight is 289 g/mol. The largest absolute Gasteiger partial charge is 0.389 e. The van der Waals surface area contributed by atoms with Crippen LogP contribution in [0.4, 0.5) is 10.1 Å². The molecular weight excluding hydrogens is 269 g/mol. The second kappa shape index (κ2) is 7.76. The summed E-state index contributed by atoms with van der Waals surface area (Å²) in [7, 11) is 0. The Morgan fingerprint density at radius 2 is 1.86 bits per heavy atom. The molecule has 0 aromatic heterocycles. The fourth-order valence-electron chi connectivity index (χ4n) is 1.98. The molecule has 2 rings (SSSR count). The molecule has 0 amide bonds. The summed E-state index contributed by atoms with van der Waals surface area (Å²) < 4.78 is 18.7. The lowest BCUT2D eigenvalue weighted by Gasteiger charge is -2.14. The number of benzene rings is 2. The van der Waals surface area contributed by atoms with Gasteiger partial charge in [-0.05, 0) is 24.6 Å². The van der Waals surface area contributed by atoms with Crippen LogP contribution in [0.3, 0.4) is 0 Å². The summed E-state index contributed by atoms with van der Waals surface area (Å²) in [4.78, 5) is 0. The predicted molar refractivity (Wildman–Crippen MR) is 81.7 cm³/mol. The first kappa shape index (κ1) is 15.5. The second-order valence-electron chi connectivity index (χ2n) is 4.96. The molecule has 0 spiro atoms. The first-order valence-corrected chi connectivity index (χ1v) is 6.95. The van der Waals surface area contributed by atoms with Crippen LogP contribution in [-0.4, -0.2) is 24.4 Å². The Balaban J connectivity index is 1.72. The lowest BCUT2D eigenvalue weighted by Crippen LogP contribution is -2.25. The first-order chi connectivity index (χ1) is 10.2. The molecule has 0 heterocycles. The van der Waals surface area contributed by atoms with Gasteiger partial charge in [0.05, 0.1) is 19.3 Å². The molecule has 0 aliphatic rings. The van der Waals surface area contributed by atoms with E-state index >= 15 is 0 Å². The fraction of sp³-hybridized carbons (Fsp3) is 0.294. The van der Waals surface area contributed by atoms with Crippen molar-refractivity contribution in [2.45, 2.75) is 19.6 Å². The van der Waals surface area contributed by atoms with Crippen molar-refractivity contribution in [3.05, 3.63) is 65.5 Å². The van der Waals surface area contributed by atoms with E-state index in [9.17, 15) is 9.50 Å². The van der Waals surface area contributed by atoms with Crippen LogP contribution in [0.15, 0.2) is 48.5 Å². The van der Waals surface area contributed by atoms with Gasteiger partial charge in [-0.15, -0.1) is 0 Å². The summed E-state index contributed by atoms with van der Waals surface area (Å²) in [5, 5.41) is 13.0. The van der Waals surface area contributed by atoms with Crippen LogP contribution in [0.2, 0.25) is 0 Å². The number of hydrogen-bond donors (Lipinski definition) is 2. The molecule has 21 heavy (non-hydrogen) atoms. The molecule has 1 unspecified atom stereocenters. The molecule has 2 aromatic carbocycles. The summed E-state index contributed by atoms with van der Waals surface area (Å²) in [6.45, 7) is 2.72. The average Bonchev–Trinajstić information content (AvgIpc) is 2.48. The highest BCUT2D eigenvalue weighted by atomic mass is 19.1. The number of anilines is 1. The third-order valence-corrected chi connectivity index (χ3v) is 3.20. The van der Waals surface area contributed by atoms with Crippen molar-refractivity contribution in [3.8, 4) is 0 Å². The van der Waals surface area contributed by atoms with Crippen LogP contribution in [0.1, 0.15) is 11.1 Å². The van der Waals surface area contributed by atoms with Crippen molar-refractivity contribution in [1.82, 2.24) is 0 Å². The number of halogens is 1. The van der Waals surface area contributed by atoms with E-state index in [2.05, 4.69) is 5.32 Å².